The van der Waals surface area contributed by atoms with Crippen LogP contribution in [0.3, 0.4) is 0 Å². The Morgan fingerprint density at radius 1 is 1.10 bits per heavy atom. The Kier molecular flexibility index (Phi) is 5.38. The number of hydrogen-bond donors (Lipinski definition) is 0. The molecule has 2 aromatic rings. The lowest BCUT2D eigenvalue weighted by atomic mass is 10.1. The fourth-order valence-electron chi connectivity index (χ4n) is 5.25. The molecular weight excluding hydrogens is 394 g/mol. The van der Waals surface area contributed by atoms with Crippen molar-refractivity contribution in [3.63, 3.8) is 0 Å². The highest BCUT2D eigenvalue weighted by atomic mass is 16.5. The smallest absolute Gasteiger partial charge is 0.228 e. The van der Waals surface area contributed by atoms with E-state index in [2.05, 4.69) is 14.8 Å². The van der Waals surface area contributed by atoms with Crippen LogP contribution in [0.15, 0.2) is 24.3 Å². The largest absolute Gasteiger partial charge is 0.495 e. The van der Waals surface area contributed by atoms with Gasteiger partial charge in [-0.05, 0) is 37.8 Å². The van der Waals surface area contributed by atoms with Crippen LogP contribution in [0.5, 0.6) is 5.75 Å². The Bertz CT molecular complexity index is 987. The number of anilines is 1. The summed E-state index contributed by atoms with van der Waals surface area (Å²) in [5.41, 5.74) is 0.728. The molecule has 1 aromatic carbocycles. The molecule has 5 rings (SSSR count). The number of amides is 2. The summed E-state index contributed by atoms with van der Waals surface area (Å²) in [6, 6.07) is 7.43. The van der Waals surface area contributed by atoms with Crippen LogP contribution < -0.4 is 9.64 Å². The summed E-state index contributed by atoms with van der Waals surface area (Å²) in [5.74, 6) is 2.30. The number of nitrogens with zero attached hydrogens (tertiary/aromatic N) is 5. The van der Waals surface area contributed by atoms with Crippen molar-refractivity contribution in [1.29, 1.82) is 0 Å². The summed E-state index contributed by atoms with van der Waals surface area (Å²) in [6.45, 7) is 2.03. The summed E-state index contributed by atoms with van der Waals surface area (Å²) >= 11 is 0. The lowest BCUT2D eigenvalue weighted by Gasteiger charge is -2.27. The van der Waals surface area contributed by atoms with Gasteiger partial charge in [-0.3, -0.25) is 9.59 Å². The molecule has 0 radical (unpaired) electrons. The molecule has 3 aliphatic rings. The number of hydrogen-bond acceptors (Lipinski definition) is 5. The van der Waals surface area contributed by atoms with E-state index in [0.717, 1.165) is 56.0 Å². The fraction of sp³-hybridized carbons (Fsp3) is 0.565. The number of likely N-dealkylation sites (tertiary alicyclic amines) is 1. The first kappa shape index (κ1) is 20.0. The maximum absolute atomic E-state index is 13.5. The third kappa shape index (κ3) is 3.58. The summed E-state index contributed by atoms with van der Waals surface area (Å²) in [7, 11) is 1.60. The van der Waals surface area contributed by atoms with E-state index in [1.165, 1.54) is 6.42 Å². The standard InChI is InChI=1S/C23H29N5O3/c1-31-19-10-5-4-8-17(19)28-15-16(14-21(28)29)23(30)26-13-7-9-18(26)22-25-24-20-11-3-2-6-12-27(20)22/h4-5,8,10,16,18H,2-3,6-7,9,11-15H2,1H3. The second-order valence-electron chi connectivity index (χ2n) is 8.70. The molecule has 8 heteroatoms. The van der Waals surface area contributed by atoms with Crippen molar-refractivity contribution < 1.29 is 14.3 Å². The average Bonchev–Trinajstić information content (AvgIpc) is 3.48. The van der Waals surface area contributed by atoms with E-state index >= 15 is 0 Å². The Hall–Kier alpha value is -2.90. The van der Waals surface area contributed by atoms with E-state index in [9.17, 15) is 9.59 Å². The Balaban J connectivity index is 1.35. The SMILES string of the molecule is COc1ccccc1N1CC(C(=O)N2CCCC2c2nnc3n2CCCCC3)CC1=O. The summed E-state index contributed by atoms with van der Waals surface area (Å²) in [6.07, 6.45) is 6.53. The predicted octanol–water partition coefficient (Wildman–Crippen LogP) is 2.73. The van der Waals surface area contributed by atoms with E-state index < -0.39 is 0 Å². The molecule has 0 spiro atoms. The van der Waals surface area contributed by atoms with Gasteiger partial charge >= 0.3 is 0 Å². The number of methoxy groups -OCH3 is 1. The molecule has 2 fully saturated rings. The molecule has 2 atom stereocenters. The van der Waals surface area contributed by atoms with Gasteiger partial charge in [0, 0.05) is 32.5 Å². The van der Waals surface area contributed by atoms with Gasteiger partial charge in [-0.15, -0.1) is 10.2 Å². The first-order valence-corrected chi connectivity index (χ1v) is 11.3. The van der Waals surface area contributed by atoms with Gasteiger partial charge in [-0.25, -0.2) is 0 Å². The molecule has 2 unspecified atom stereocenters. The lowest BCUT2D eigenvalue weighted by molar-refractivity contribution is -0.136. The minimum absolute atomic E-state index is 0.0325. The van der Waals surface area contributed by atoms with Gasteiger partial charge in [0.1, 0.15) is 11.6 Å². The first-order valence-electron chi connectivity index (χ1n) is 11.3. The molecule has 0 saturated carbocycles. The van der Waals surface area contributed by atoms with E-state index in [-0.39, 0.29) is 30.2 Å². The molecule has 0 bridgehead atoms. The quantitative estimate of drug-likeness (QED) is 0.755. The lowest BCUT2D eigenvalue weighted by Crippen LogP contribution is -2.38. The van der Waals surface area contributed by atoms with Crippen LogP contribution >= 0.6 is 0 Å². The molecule has 0 aliphatic carbocycles. The van der Waals surface area contributed by atoms with Gasteiger partial charge < -0.3 is 19.1 Å². The minimum atomic E-state index is -0.343. The van der Waals surface area contributed by atoms with Gasteiger partial charge in [0.05, 0.1) is 24.8 Å². The number of aryl methyl sites for hydroxylation is 1. The molecule has 2 saturated heterocycles. The minimum Gasteiger partial charge on any atom is -0.495 e. The summed E-state index contributed by atoms with van der Waals surface area (Å²) in [5, 5.41) is 8.94. The molecule has 0 N–H and O–H groups in total. The number of carbonyl (C=O) groups is 2. The zero-order valence-electron chi connectivity index (χ0n) is 18.0. The van der Waals surface area contributed by atoms with Gasteiger partial charge in [-0.1, -0.05) is 18.6 Å². The van der Waals surface area contributed by atoms with Gasteiger partial charge in [0.15, 0.2) is 5.82 Å². The van der Waals surface area contributed by atoms with Crippen molar-refractivity contribution in [1.82, 2.24) is 19.7 Å². The van der Waals surface area contributed by atoms with Crippen LogP contribution in [0.25, 0.3) is 0 Å². The van der Waals surface area contributed by atoms with Crippen LogP contribution in [0.4, 0.5) is 5.69 Å². The maximum atomic E-state index is 13.5. The van der Waals surface area contributed by atoms with E-state index in [1.807, 2.05) is 29.2 Å². The van der Waals surface area contributed by atoms with E-state index in [4.69, 9.17) is 4.74 Å². The van der Waals surface area contributed by atoms with Crippen molar-refractivity contribution in [2.24, 2.45) is 5.92 Å². The Morgan fingerprint density at radius 2 is 1.97 bits per heavy atom. The van der Waals surface area contributed by atoms with Crippen molar-refractivity contribution >= 4 is 17.5 Å². The molecule has 8 nitrogen and oxygen atoms in total. The van der Waals surface area contributed by atoms with Crippen molar-refractivity contribution in [2.45, 2.75) is 57.5 Å². The number of benzene rings is 1. The molecule has 4 heterocycles. The molecular formula is C23H29N5O3. The van der Waals surface area contributed by atoms with E-state index in [1.54, 1.807) is 12.0 Å². The third-order valence-electron chi connectivity index (χ3n) is 6.82. The average molecular weight is 424 g/mol. The van der Waals surface area contributed by atoms with Crippen LogP contribution in [0.2, 0.25) is 0 Å². The highest BCUT2D eigenvalue weighted by molar-refractivity contribution is 6.01. The highest BCUT2D eigenvalue weighted by Crippen LogP contribution is 2.37. The topological polar surface area (TPSA) is 80.6 Å². The van der Waals surface area contributed by atoms with Gasteiger partial charge in [0.2, 0.25) is 11.8 Å². The molecule has 3 aliphatic heterocycles. The van der Waals surface area contributed by atoms with Crippen LogP contribution in [0.1, 0.15) is 56.2 Å². The monoisotopic (exact) mass is 423 g/mol. The van der Waals surface area contributed by atoms with Crippen LogP contribution in [-0.2, 0) is 22.6 Å². The zero-order chi connectivity index (χ0) is 21.4. The number of aromatic nitrogens is 3. The first-order chi connectivity index (χ1) is 15.2. The number of carbonyl (C=O) groups excluding carboxylic acids is 2. The molecule has 164 valence electrons. The second kappa shape index (κ2) is 8.32. The zero-order valence-corrected chi connectivity index (χ0v) is 18.0. The van der Waals surface area contributed by atoms with Gasteiger partial charge in [0.25, 0.3) is 0 Å². The highest BCUT2D eigenvalue weighted by Gasteiger charge is 2.42. The normalized spacial score (nSPS) is 23.7. The molecule has 31 heavy (non-hydrogen) atoms. The van der Waals surface area contributed by atoms with Crippen LogP contribution in [-0.4, -0.2) is 51.7 Å². The number of ether oxygens (including phenoxy) is 1. The summed E-state index contributed by atoms with van der Waals surface area (Å²) < 4.78 is 7.66. The van der Waals surface area contributed by atoms with Crippen molar-refractivity contribution in [2.75, 3.05) is 25.1 Å². The third-order valence-corrected chi connectivity index (χ3v) is 6.82. The Morgan fingerprint density at radius 3 is 2.84 bits per heavy atom. The number of rotatable bonds is 4. The van der Waals surface area contributed by atoms with Crippen LogP contribution in [0, 0.1) is 5.92 Å². The fourth-order valence-corrected chi connectivity index (χ4v) is 5.25. The second-order valence-corrected chi connectivity index (χ2v) is 8.70. The molecule has 2 amide bonds. The summed E-state index contributed by atoms with van der Waals surface area (Å²) in [4.78, 5) is 30.0. The molecule has 1 aromatic heterocycles. The maximum Gasteiger partial charge on any atom is 0.228 e. The van der Waals surface area contributed by atoms with E-state index in [0.29, 0.717) is 18.8 Å². The number of fused-ring (bicyclic) bond motifs is 1. The van der Waals surface area contributed by atoms with Gasteiger partial charge in [-0.2, -0.15) is 0 Å². The van der Waals surface area contributed by atoms with Crippen molar-refractivity contribution in [3.05, 3.63) is 35.9 Å². The Labute approximate surface area is 182 Å². The number of para-hydroxylation sites is 2. The van der Waals surface area contributed by atoms with Crippen molar-refractivity contribution in [3.8, 4) is 5.75 Å². The predicted molar refractivity (Wildman–Crippen MR) is 115 cm³/mol.